The molecule has 2 aromatic rings. The largest absolute Gasteiger partial charge is 0.481 e. The third-order valence-electron chi connectivity index (χ3n) is 2.61. The summed E-state index contributed by atoms with van der Waals surface area (Å²) in [6.45, 7) is 1.49. The van der Waals surface area contributed by atoms with Gasteiger partial charge in [0.05, 0.1) is 7.11 Å². The van der Waals surface area contributed by atoms with Crippen molar-refractivity contribution >= 4 is 11.6 Å². The third kappa shape index (κ3) is 3.45. The number of hydrogen-bond acceptors (Lipinski definition) is 3. The van der Waals surface area contributed by atoms with E-state index < -0.39 is 0 Å². The molecule has 0 radical (unpaired) electrons. The van der Waals surface area contributed by atoms with Crippen LogP contribution in [0.4, 0.5) is 0 Å². The highest BCUT2D eigenvalue weighted by Crippen LogP contribution is 2.14. The van der Waals surface area contributed by atoms with Gasteiger partial charge in [0.1, 0.15) is 0 Å². The second-order valence-electron chi connectivity index (χ2n) is 3.90. The van der Waals surface area contributed by atoms with Gasteiger partial charge in [-0.15, -0.1) is 0 Å². The van der Waals surface area contributed by atoms with Gasteiger partial charge in [0.2, 0.25) is 5.88 Å². The molecule has 1 aromatic carbocycles. The molecule has 0 saturated carbocycles. The van der Waals surface area contributed by atoms with E-state index in [9.17, 15) is 0 Å². The maximum Gasteiger partial charge on any atom is 0.212 e. The van der Waals surface area contributed by atoms with Gasteiger partial charge >= 0.3 is 0 Å². The van der Waals surface area contributed by atoms with Gasteiger partial charge in [0.15, 0.2) is 0 Å². The normalized spacial score (nSPS) is 10.3. The molecule has 3 nitrogen and oxygen atoms in total. The quantitative estimate of drug-likeness (QED) is 0.899. The second kappa shape index (κ2) is 6.38. The lowest BCUT2D eigenvalue weighted by atomic mass is 10.2. The zero-order valence-electron chi connectivity index (χ0n) is 10.2. The van der Waals surface area contributed by atoms with Crippen molar-refractivity contribution in [2.45, 2.75) is 13.1 Å². The van der Waals surface area contributed by atoms with Crippen LogP contribution in [-0.2, 0) is 13.1 Å². The van der Waals surface area contributed by atoms with Crippen molar-refractivity contribution in [3.05, 3.63) is 58.7 Å². The molecule has 94 valence electrons. The van der Waals surface area contributed by atoms with Gasteiger partial charge in [-0.1, -0.05) is 35.9 Å². The number of halogens is 1. The number of ether oxygens (including phenoxy) is 1. The van der Waals surface area contributed by atoms with E-state index in [1.165, 1.54) is 0 Å². The summed E-state index contributed by atoms with van der Waals surface area (Å²) in [6, 6.07) is 11.7. The van der Waals surface area contributed by atoms with Crippen LogP contribution in [0.3, 0.4) is 0 Å². The summed E-state index contributed by atoms with van der Waals surface area (Å²) in [6.07, 6.45) is 1.80. The minimum absolute atomic E-state index is 0.629. The van der Waals surface area contributed by atoms with Crippen molar-refractivity contribution in [3.63, 3.8) is 0 Å². The van der Waals surface area contributed by atoms with Gasteiger partial charge in [-0.3, -0.25) is 0 Å². The zero-order valence-corrected chi connectivity index (χ0v) is 10.9. The molecule has 0 spiro atoms. The highest BCUT2D eigenvalue weighted by molar-refractivity contribution is 6.31. The number of aromatic nitrogens is 1. The molecule has 2 rings (SSSR count). The van der Waals surface area contributed by atoms with Crippen molar-refractivity contribution in [3.8, 4) is 5.88 Å². The minimum Gasteiger partial charge on any atom is -0.481 e. The number of benzene rings is 1. The van der Waals surface area contributed by atoms with Gasteiger partial charge in [-0.2, -0.15) is 0 Å². The monoisotopic (exact) mass is 262 g/mol. The summed E-state index contributed by atoms with van der Waals surface area (Å²) in [7, 11) is 1.61. The number of hydrogen-bond donors (Lipinski definition) is 1. The molecule has 0 aliphatic carbocycles. The Labute approximate surface area is 112 Å². The van der Waals surface area contributed by atoms with Crippen molar-refractivity contribution in [2.24, 2.45) is 0 Å². The molecule has 0 amide bonds. The van der Waals surface area contributed by atoms with Crippen LogP contribution in [0.25, 0.3) is 0 Å². The molecule has 0 fully saturated rings. The van der Waals surface area contributed by atoms with Crippen LogP contribution in [0.5, 0.6) is 5.88 Å². The van der Waals surface area contributed by atoms with Crippen LogP contribution in [0.2, 0.25) is 5.02 Å². The summed E-state index contributed by atoms with van der Waals surface area (Å²) < 4.78 is 5.01. The summed E-state index contributed by atoms with van der Waals surface area (Å²) in [4.78, 5) is 4.15. The highest BCUT2D eigenvalue weighted by atomic mass is 35.5. The lowest BCUT2D eigenvalue weighted by molar-refractivity contribution is 0.397. The van der Waals surface area contributed by atoms with Crippen LogP contribution in [0, 0.1) is 0 Å². The van der Waals surface area contributed by atoms with E-state index in [1.54, 1.807) is 13.3 Å². The molecular weight excluding hydrogens is 248 g/mol. The van der Waals surface area contributed by atoms with Gasteiger partial charge in [-0.05, 0) is 17.2 Å². The van der Waals surface area contributed by atoms with Gasteiger partial charge in [0.25, 0.3) is 0 Å². The molecule has 1 N–H and O–H groups in total. The standard InChI is InChI=1S/C14H15ClN2O/c1-18-14-7-6-11(9-17-14)8-16-10-12-4-2-3-5-13(12)15/h2-7,9,16H,8,10H2,1H3. The first kappa shape index (κ1) is 12.9. The molecule has 4 heteroatoms. The molecule has 0 aliphatic heterocycles. The first-order chi connectivity index (χ1) is 8.79. The maximum atomic E-state index is 6.08. The van der Waals surface area contributed by atoms with E-state index >= 15 is 0 Å². The van der Waals surface area contributed by atoms with Gasteiger partial charge in [0, 0.05) is 30.4 Å². The summed E-state index contributed by atoms with van der Waals surface area (Å²) in [5, 5.41) is 4.12. The zero-order chi connectivity index (χ0) is 12.8. The van der Waals surface area contributed by atoms with E-state index in [4.69, 9.17) is 16.3 Å². The van der Waals surface area contributed by atoms with E-state index in [-0.39, 0.29) is 0 Å². The molecule has 0 atom stereocenters. The SMILES string of the molecule is COc1ccc(CNCc2ccccc2Cl)cn1. The van der Waals surface area contributed by atoms with Crippen molar-refractivity contribution in [1.82, 2.24) is 10.3 Å². The van der Waals surface area contributed by atoms with E-state index in [1.807, 2.05) is 36.4 Å². The smallest absolute Gasteiger partial charge is 0.212 e. The first-order valence-electron chi connectivity index (χ1n) is 5.72. The summed E-state index contributed by atoms with van der Waals surface area (Å²) >= 11 is 6.08. The van der Waals surface area contributed by atoms with E-state index in [2.05, 4.69) is 10.3 Å². The van der Waals surface area contributed by atoms with Crippen molar-refractivity contribution < 1.29 is 4.74 Å². The Morgan fingerprint density at radius 3 is 2.67 bits per heavy atom. The maximum absolute atomic E-state index is 6.08. The molecule has 0 unspecified atom stereocenters. The number of nitrogens with one attached hydrogen (secondary N) is 1. The first-order valence-corrected chi connectivity index (χ1v) is 6.10. The Hall–Kier alpha value is -1.58. The predicted molar refractivity (Wildman–Crippen MR) is 72.8 cm³/mol. The van der Waals surface area contributed by atoms with E-state index in [0.717, 1.165) is 29.2 Å². The predicted octanol–water partition coefficient (Wildman–Crippen LogP) is 3.03. The number of nitrogens with zero attached hydrogens (tertiary/aromatic N) is 1. The molecule has 0 bridgehead atoms. The van der Waals surface area contributed by atoms with Crippen LogP contribution in [0.1, 0.15) is 11.1 Å². The van der Waals surface area contributed by atoms with Crippen molar-refractivity contribution in [1.29, 1.82) is 0 Å². The molecule has 18 heavy (non-hydrogen) atoms. The second-order valence-corrected chi connectivity index (χ2v) is 4.31. The summed E-state index contributed by atoms with van der Waals surface area (Å²) in [5.41, 5.74) is 2.21. The Balaban J connectivity index is 1.86. The van der Waals surface area contributed by atoms with Crippen LogP contribution >= 0.6 is 11.6 Å². The van der Waals surface area contributed by atoms with Crippen molar-refractivity contribution in [2.75, 3.05) is 7.11 Å². The number of methoxy groups -OCH3 is 1. The Morgan fingerprint density at radius 2 is 2.00 bits per heavy atom. The average Bonchev–Trinajstić information content (AvgIpc) is 2.42. The Kier molecular flexibility index (Phi) is 4.56. The molecule has 0 aliphatic rings. The lowest BCUT2D eigenvalue weighted by Gasteiger charge is -2.07. The molecule has 1 heterocycles. The van der Waals surface area contributed by atoms with Crippen LogP contribution < -0.4 is 10.1 Å². The van der Waals surface area contributed by atoms with Gasteiger partial charge < -0.3 is 10.1 Å². The highest BCUT2D eigenvalue weighted by Gasteiger charge is 1.99. The van der Waals surface area contributed by atoms with E-state index in [0.29, 0.717) is 5.88 Å². The van der Waals surface area contributed by atoms with Crippen LogP contribution in [0.15, 0.2) is 42.6 Å². The molecule has 1 aromatic heterocycles. The molecule has 0 saturated heterocycles. The molecular formula is C14H15ClN2O. The number of rotatable bonds is 5. The minimum atomic E-state index is 0.629. The Bertz CT molecular complexity index is 499. The average molecular weight is 263 g/mol. The third-order valence-corrected chi connectivity index (χ3v) is 2.98. The fraction of sp³-hybridized carbons (Fsp3) is 0.214. The number of pyridine rings is 1. The fourth-order valence-electron chi connectivity index (χ4n) is 1.62. The summed E-state index contributed by atoms with van der Waals surface area (Å²) in [5.74, 6) is 0.629. The Morgan fingerprint density at radius 1 is 1.17 bits per heavy atom. The fourth-order valence-corrected chi connectivity index (χ4v) is 1.82. The lowest BCUT2D eigenvalue weighted by Crippen LogP contribution is -2.13. The van der Waals surface area contributed by atoms with Gasteiger partial charge in [-0.25, -0.2) is 4.98 Å². The topological polar surface area (TPSA) is 34.1 Å². The van der Waals surface area contributed by atoms with Crippen LogP contribution in [-0.4, -0.2) is 12.1 Å².